The van der Waals surface area contributed by atoms with Gasteiger partial charge in [-0.05, 0) is 38.0 Å². The monoisotopic (exact) mass is 314 g/mol. The number of hydrogen-bond acceptors (Lipinski definition) is 4. The highest BCUT2D eigenvalue weighted by Gasteiger charge is 2.48. The zero-order valence-corrected chi connectivity index (χ0v) is 13.1. The molecule has 2 aliphatic heterocycles. The molecule has 0 radical (unpaired) electrons. The van der Waals surface area contributed by atoms with Crippen LogP contribution < -0.4 is 5.32 Å². The summed E-state index contributed by atoms with van der Waals surface area (Å²) >= 11 is 0. The summed E-state index contributed by atoms with van der Waals surface area (Å²) in [6.07, 6.45) is 3.45. The van der Waals surface area contributed by atoms with Crippen LogP contribution in [0.15, 0.2) is 0 Å². The van der Waals surface area contributed by atoms with Crippen molar-refractivity contribution in [1.82, 2.24) is 10.2 Å². The zero-order valence-electron chi connectivity index (χ0n) is 12.2. The molecule has 0 spiro atoms. The minimum absolute atomic E-state index is 0.00625. The van der Waals surface area contributed by atoms with Crippen molar-refractivity contribution in [3.8, 4) is 0 Å². The lowest BCUT2D eigenvalue weighted by molar-refractivity contribution is -0.153. The van der Waals surface area contributed by atoms with Gasteiger partial charge in [0.25, 0.3) is 0 Å². The van der Waals surface area contributed by atoms with E-state index in [1.165, 1.54) is 0 Å². The van der Waals surface area contributed by atoms with Crippen LogP contribution in [-0.4, -0.2) is 54.8 Å². The predicted octanol–water partition coefficient (Wildman–Crippen LogP) is 0.0792. The first-order valence-corrected chi connectivity index (χ1v) is 9.58. The van der Waals surface area contributed by atoms with Crippen molar-refractivity contribution in [1.29, 1.82) is 0 Å². The van der Waals surface area contributed by atoms with Crippen LogP contribution in [0.5, 0.6) is 0 Å². The number of carbonyl (C=O) groups excluding carboxylic acids is 2. The Kier molecular flexibility index (Phi) is 3.71. The lowest BCUT2D eigenvalue weighted by Crippen LogP contribution is -2.66. The van der Waals surface area contributed by atoms with E-state index in [0.29, 0.717) is 19.3 Å². The van der Waals surface area contributed by atoms with E-state index in [0.717, 1.165) is 12.8 Å². The summed E-state index contributed by atoms with van der Waals surface area (Å²) in [5.74, 6) is 0.422. The van der Waals surface area contributed by atoms with E-state index < -0.39 is 15.9 Å². The number of nitrogens with zero attached hydrogens (tertiary/aromatic N) is 1. The number of piperazine rings is 1. The van der Waals surface area contributed by atoms with Crippen molar-refractivity contribution in [3.05, 3.63) is 0 Å². The van der Waals surface area contributed by atoms with Crippen LogP contribution in [0.2, 0.25) is 0 Å². The van der Waals surface area contributed by atoms with Crippen molar-refractivity contribution < 1.29 is 18.0 Å². The van der Waals surface area contributed by atoms with Gasteiger partial charge in [-0.25, -0.2) is 8.42 Å². The van der Waals surface area contributed by atoms with Crippen molar-refractivity contribution in [2.24, 2.45) is 5.92 Å². The molecule has 2 heterocycles. The fraction of sp³-hybridized carbons (Fsp3) is 0.857. The van der Waals surface area contributed by atoms with Gasteiger partial charge in [-0.1, -0.05) is 6.92 Å². The smallest absolute Gasteiger partial charge is 0.246 e. The predicted molar refractivity (Wildman–Crippen MR) is 77.3 cm³/mol. The standard InChI is InChI=1S/C14H22N2O4S/c1-2-11-13(17)15-12(9-3-4-9)14(18)16(11)10-5-7-21(19,20)8-6-10/h9-12H,2-8H2,1H3,(H,15,17). The van der Waals surface area contributed by atoms with E-state index >= 15 is 0 Å². The molecule has 118 valence electrons. The van der Waals surface area contributed by atoms with Crippen molar-refractivity contribution in [3.63, 3.8) is 0 Å². The van der Waals surface area contributed by atoms with Gasteiger partial charge in [0, 0.05) is 6.04 Å². The van der Waals surface area contributed by atoms with Crippen LogP contribution >= 0.6 is 0 Å². The van der Waals surface area contributed by atoms with E-state index in [1.807, 2.05) is 6.92 Å². The molecule has 0 aromatic rings. The maximum atomic E-state index is 12.7. The quantitative estimate of drug-likeness (QED) is 0.799. The Hall–Kier alpha value is -1.11. The second kappa shape index (κ2) is 5.26. The van der Waals surface area contributed by atoms with Gasteiger partial charge in [-0.3, -0.25) is 9.59 Å². The molecule has 1 aliphatic carbocycles. The molecule has 2 saturated heterocycles. The van der Waals surface area contributed by atoms with Gasteiger partial charge in [-0.2, -0.15) is 0 Å². The first-order chi connectivity index (χ1) is 9.93. The summed E-state index contributed by atoms with van der Waals surface area (Å²) in [4.78, 5) is 26.7. The Balaban J connectivity index is 1.81. The van der Waals surface area contributed by atoms with Gasteiger partial charge < -0.3 is 10.2 Å². The van der Waals surface area contributed by atoms with Gasteiger partial charge >= 0.3 is 0 Å². The molecule has 6 nitrogen and oxygen atoms in total. The van der Waals surface area contributed by atoms with E-state index in [4.69, 9.17) is 0 Å². The number of nitrogens with one attached hydrogen (secondary N) is 1. The third-order valence-electron chi connectivity index (χ3n) is 4.85. The summed E-state index contributed by atoms with van der Waals surface area (Å²) < 4.78 is 23.2. The van der Waals surface area contributed by atoms with E-state index in [-0.39, 0.29) is 41.3 Å². The summed E-state index contributed by atoms with van der Waals surface area (Å²) in [6.45, 7) is 1.89. The molecule has 0 aromatic carbocycles. The average Bonchev–Trinajstić information content (AvgIpc) is 3.25. The van der Waals surface area contributed by atoms with Crippen LogP contribution in [0.25, 0.3) is 0 Å². The first kappa shape index (κ1) is 14.8. The van der Waals surface area contributed by atoms with Crippen LogP contribution in [-0.2, 0) is 19.4 Å². The minimum Gasteiger partial charge on any atom is -0.342 e. The minimum atomic E-state index is -2.97. The molecule has 2 atom stereocenters. The molecule has 2 amide bonds. The zero-order chi connectivity index (χ0) is 15.2. The normalized spacial score (nSPS) is 33.9. The van der Waals surface area contributed by atoms with E-state index in [1.54, 1.807) is 4.90 Å². The Morgan fingerprint density at radius 3 is 2.29 bits per heavy atom. The van der Waals surface area contributed by atoms with Crippen LogP contribution in [0.1, 0.15) is 39.0 Å². The van der Waals surface area contributed by atoms with Crippen molar-refractivity contribution in [2.45, 2.75) is 57.2 Å². The molecule has 0 aromatic heterocycles. The summed E-state index contributed by atoms with van der Waals surface area (Å²) in [5, 5.41) is 2.87. The van der Waals surface area contributed by atoms with Crippen LogP contribution in [0.3, 0.4) is 0 Å². The number of carbonyl (C=O) groups is 2. The third kappa shape index (κ3) is 2.80. The highest BCUT2D eigenvalue weighted by molar-refractivity contribution is 7.91. The molecular formula is C14H22N2O4S. The second-order valence-corrected chi connectivity index (χ2v) is 8.68. The lowest BCUT2D eigenvalue weighted by Gasteiger charge is -2.44. The molecular weight excluding hydrogens is 292 g/mol. The highest BCUT2D eigenvalue weighted by Crippen LogP contribution is 2.36. The SMILES string of the molecule is CCC1C(=O)NC(C2CC2)C(=O)N1C1CCS(=O)(=O)CC1. The number of rotatable bonds is 3. The maximum Gasteiger partial charge on any atom is 0.246 e. The van der Waals surface area contributed by atoms with Crippen molar-refractivity contribution >= 4 is 21.7 Å². The van der Waals surface area contributed by atoms with E-state index in [9.17, 15) is 18.0 Å². The molecule has 1 saturated carbocycles. The van der Waals surface area contributed by atoms with Crippen molar-refractivity contribution in [2.75, 3.05) is 11.5 Å². The van der Waals surface area contributed by atoms with Gasteiger partial charge in [0.15, 0.2) is 0 Å². The number of hydrogen-bond donors (Lipinski definition) is 1. The van der Waals surface area contributed by atoms with Crippen LogP contribution in [0, 0.1) is 5.92 Å². The third-order valence-corrected chi connectivity index (χ3v) is 6.57. The fourth-order valence-corrected chi connectivity index (χ4v) is 4.94. The Bertz CT molecular complexity index is 541. The van der Waals surface area contributed by atoms with Gasteiger partial charge in [0.1, 0.15) is 21.9 Å². The topological polar surface area (TPSA) is 83.6 Å². The largest absolute Gasteiger partial charge is 0.342 e. The lowest BCUT2D eigenvalue weighted by atomic mass is 9.97. The summed E-state index contributed by atoms with van der Waals surface area (Å²) in [5.41, 5.74) is 0. The Morgan fingerprint density at radius 2 is 1.76 bits per heavy atom. The number of sulfone groups is 1. The van der Waals surface area contributed by atoms with Gasteiger partial charge in [0.05, 0.1) is 11.5 Å². The number of amides is 2. The molecule has 21 heavy (non-hydrogen) atoms. The maximum absolute atomic E-state index is 12.7. The second-order valence-electron chi connectivity index (χ2n) is 6.38. The molecule has 3 fully saturated rings. The highest BCUT2D eigenvalue weighted by atomic mass is 32.2. The summed E-state index contributed by atoms with van der Waals surface area (Å²) in [7, 11) is -2.97. The fourth-order valence-electron chi connectivity index (χ4n) is 3.47. The van der Waals surface area contributed by atoms with Gasteiger partial charge in [-0.15, -0.1) is 0 Å². The molecule has 7 heteroatoms. The van der Waals surface area contributed by atoms with Crippen LogP contribution in [0.4, 0.5) is 0 Å². The molecule has 2 unspecified atom stereocenters. The van der Waals surface area contributed by atoms with Gasteiger partial charge in [0.2, 0.25) is 11.8 Å². The summed E-state index contributed by atoms with van der Waals surface area (Å²) in [6, 6.07) is -0.949. The Morgan fingerprint density at radius 1 is 1.14 bits per heavy atom. The first-order valence-electron chi connectivity index (χ1n) is 7.76. The Labute approximate surface area is 125 Å². The molecule has 1 N–H and O–H groups in total. The molecule has 3 rings (SSSR count). The average molecular weight is 314 g/mol. The molecule has 3 aliphatic rings. The van der Waals surface area contributed by atoms with E-state index in [2.05, 4.69) is 5.32 Å². The molecule has 0 bridgehead atoms.